The summed E-state index contributed by atoms with van der Waals surface area (Å²) in [5, 5.41) is 14.9. The predicted octanol–water partition coefficient (Wildman–Crippen LogP) is 2.54. The number of benzene rings is 2. The average Bonchev–Trinajstić information content (AvgIpc) is 2.53. The van der Waals surface area contributed by atoms with Gasteiger partial charge in [0.05, 0.1) is 12.8 Å². The minimum absolute atomic E-state index is 0.0403. The second kappa shape index (κ2) is 6.60. The highest BCUT2D eigenvalue weighted by atomic mass is 19.1. The molecule has 6 heteroatoms. The van der Waals surface area contributed by atoms with E-state index in [-0.39, 0.29) is 11.7 Å². The molecule has 0 saturated heterocycles. The molecule has 0 bridgehead atoms. The molecule has 2 aromatic rings. The van der Waals surface area contributed by atoms with E-state index in [1.165, 1.54) is 19.2 Å². The molecule has 0 aromatic heterocycles. The molecule has 0 atom stereocenters. The van der Waals surface area contributed by atoms with Crippen molar-refractivity contribution in [3.05, 3.63) is 59.4 Å². The summed E-state index contributed by atoms with van der Waals surface area (Å²) in [5.41, 5.74) is 7.78. The lowest BCUT2D eigenvalue weighted by Crippen LogP contribution is -2.16. The highest BCUT2D eigenvalue weighted by Crippen LogP contribution is 2.25. The maximum absolute atomic E-state index is 13.1. The van der Waals surface area contributed by atoms with Crippen molar-refractivity contribution in [2.75, 3.05) is 12.4 Å². The Kier molecular flexibility index (Phi) is 4.61. The molecule has 0 aliphatic heterocycles. The second-order valence-corrected chi connectivity index (χ2v) is 4.34. The molecule has 0 aliphatic carbocycles. The quantitative estimate of drug-likeness (QED) is 0.342. The first-order chi connectivity index (χ1) is 10.2. The molecule has 21 heavy (non-hydrogen) atoms. The van der Waals surface area contributed by atoms with E-state index in [0.29, 0.717) is 23.5 Å². The number of halogens is 1. The van der Waals surface area contributed by atoms with Crippen molar-refractivity contribution in [3.8, 4) is 5.75 Å². The van der Waals surface area contributed by atoms with Crippen LogP contribution in [0.25, 0.3) is 0 Å². The molecule has 5 nitrogen and oxygen atoms in total. The first kappa shape index (κ1) is 14.6. The Morgan fingerprint density at radius 1 is 1.33 bits per heavy atom. The number of nitrogens with zero attached hydrogens (tertiary/aromatic N) is 1. The van der Waals surface area contributed by atoms with Crippen molar-refractivity contribution in [1.82, 2.24) is 0 Å². The van der Waals surface area contributed by atoms with Crippen LogP contribution in [0.3, 0.4) is 0 Å². The maximum atomic E-state index is 13.1. The first-order valence-electron chi connectivity index (χ1n) is 6.29. The van der Waals surface area contributed by atoms with E-state index in [1.807, 2.05) is 12.1 Å². The lowest BCUT2D eigenvalue weighted by atomic mass is 10.1. The molecule has 2 aromatic carbocycles. The fourth-order valence-electron chi connectivity index (χ4n) is 1.98. The van der Waals surface area contributed by atoms with Crippen molar-refractivity contribution >= 4 is 11.5 Å². The fraction of sp³-hybridized carbons (Fsp3) is 0.133. The Morgan fingerprint density at radius 3 is 2.81 bits per heavy atom. The first-order valence-corrected chi connectivity index (χ1v) is 6.29. The Labute approximate surface area is 121 Å². The van der Waals surface area contributed by atoms with Gasteiger partial charge in [-0.05, 0) is 17.7 Å². The summed E-state index contributed by atoms with van der Waals surface area (Å²) < 4.78 is 18.3. The summed E-state index contributed by atoms with van der Waals surface area (Å²) in [4.78, 5) is 0. The summed E-state index contributed by atoms with van der Waals surface area (Å²) in [7, 11) is 1.48. The molecular weight excluding hydrogens is 273 g/mol. The van der Waals surface area contributed by atoms with E-state index >= 15 is 0 Å². The van der Waals surface area contributed by atoms with Gasteiger partial charge in [0.15, 0.2) is 5.84 Å². The summed E-state index contributed by atoms with van der Waals surface area (Å²) in [6.45, 7) is 0.425. The molecule has 2 rings (SSSR count). The minimum Gasteiger partial charge on any atom is -0.494 e. The molecular formula is C15H16FN3O2. The molecule has 0 amide bonds. The number of nitrogens with one attached hydrogen (secondary N) is 1. The fourth-order valence-corrected chi connectivity index (χ4v) is 1.98. The third-order valence-electron chi connectivity index (χ3n) is 3.03. The molecule has 0 radical (unpaired) electrons. The Hall–Kier alpha value is -2.76. The number of ether oxygens (including phenoxy) is 1. The zero-order valence-corrected chi connectivity index (χ0v) is 11.5. The number of hydrogen-bond donors (Lipinski definition) is 3. The van der Waals surface area contributed by atoms with Crippen molar-refractivity contribution in [1.29, 1.82) is 0 Å². The largest absolute Gasteiger partial charge is 0.494 e. The van der Waals surface area contributed by atoms with Crippen LogP contribution in [-0.4, -0.2) is 18.2 Å². The molecule has 0 saturated carbocycles. The highest BCUT2D eigenvalue weighted by Gasteiger charge is 2.08. The monoisotopic (exact) mass is 289 g/mol. The van der Waals surface area contributed by atoms with E-state index in [1.54, 1.807) is 18.2 Å². The lowest BCUT2D eigenvalue weighted by molar-refractivity contribution is 0.318. The number of nitrogens with two attached hydrogens (primary N) is 1. The van der Waals surface area contributed by atoms with Crippen LogP contribution in [0.1, 0.15) is 11.1 Å². The van der Waals surface area contributed by atoms with Crippen LogP contribution in [0.5, 0.6) is 5.75 Å². The summed E-state index contributed by atoms with van der Waals surface area (Å²) in [6, 6.07) is 11.5. The van der Waals surface area contributed by atoms with Gasteiger partial charge in [-0.2, -0.15) is 0 Å². The molecule has 0 unspecified atom stereocenters. The molecule has 0 aliphatic rings. The van der Waals surface area contributed by atoms with Crippen LogP contribution in [-0.2, 0) is 6.54 Å². The normalized spacial score (nSPS) is 11.2. The Bertz CT molecular complexity index is 659. The Morgan fingerprint density at radius 2 is 2.10 bits per heavy atom. The number of anilines is 1. The molecule has 110 valence electrons. The van der Waals surface area contributed by atoms with E-state index in [9.17, 15) is 4.39 Å². The van der Waals surface area contributed by atoms with Gasteiger partial charge in [0.25, 0.3) is 0 Å². The predicted molar refractivity (Wildman–Crippen MR) is 79.2 cm³/mol. The van der Waals surface area contributed by atoms with Gasteiger partial charge < -0.3 is 21.0 Å². The smallest absolute Gasteiger partial charge is 0.170 e. The molecule has 4 N–H and O–H groups in total. The number of methoxy groups -OCH3 is 1. The van der Waals surface area contributed by atoms with Gasteiger partial charge in [0, 0.05) is 18.2 Å². The molecule has 0 fully saturated rings. The van der Waals surface area contributed by atoms with Crippen LogP contribution in [0, 0.1) is 5.82 Å². The van der Waals surface area contributed by atoms with Gasteiger partial charge in [-0.1, -0.05) is 29.4 Å². The third kappa shape index (κ3) is 3.42. The zero-order valence-electron chi connectivity index (χ0n) is 11.5. The maximum Gasteiger partial charge on any atom is 0.170 e. The second-order valence-electron chi connectivity index (χ2n) is 4.34. The minimum atomic E-state index is -0.366. The highest BCUT2D eigenvalue weighted by molar-refractivity contribution is 5.98. The number of oxime groups is 1. The van der Waals surface area contributed by atoms with Gasteiger partial charge >= 0.3 is 0 Å². The molecule has 0 heterocycles. The van der Waals surface area contributed by atoms with E-state index in [4.69, 9.17) is 15.7 Å². The number of rotatable bonds is 5. The summed E-state index contributed by atoms with van der Waals surface area (Å²) in [5.74, 6) is 0.0872. The van der Waals surface area contributed by atoms with Crippen LogP contribution >= 0.6 is 0 Å². The zero-order chi connectivity index (χ0) is 15.2. The van der Waals surface area contributed by atoms with Crippen LogP contribution in [0.4, 0.5) is 10.1 Å². The van der Waals surface area contributed by atoms with E-state index in [2.05, 4.69) is 10.5 Å². The van der Waals surface area contributed by atoms with E-state index in [0.717, 1.165) is 5.56 Å². The van der Waals surface area contributed by atoms with Crippen LogP contribution in [0.15, 0.2) is 47.6 Å². The van der Waals surface area contributed by atoms with Crippen molar-refractivity contribution in [2.45, 2.75) is 6.54 Å². The van der Waals surface area contributed by atoms with Crippen molar-refractivity contribution < 1.29 is 14.3 Å². The number of hydrogen-bond acceptors (Lipinski definition) is 4. The van der Waals surface area contributed by atoms with Crippen LogP contribution < -0.4 is 15.8 Å². The van der Waals surface area contributed by atoms with Gasteiger partial charge in [-0.3, -0.25) is 0 Å². The van der Waals surface area contributed by atoms with Crippen molar-refractivity contribution in [2.24, 2.45) is 10.9 Å². The van der Waals surface area contributed by atoms with Gasteiger partial charge in [-0.25, -0.2) is 4.39 Å². The average molecular weight is 289 g/mol. The van der Waals surface area contributed by atoms with Crippen LogP contribution in [0.2, 0.25) is 0 Å². The topological polar surface area (TPSA) is 79.9 Å². The van der Waals surface area contributed by atoms with Gasteiger partial charge in [0.1, 0.15) is 11.6 Å². The summed E-state index contributed by atoms with van der Waals surface area (Å²) in [6.07, 6.45) is 0. The van der Waals surface area contributed by atoms with E-state index < -0.39 is 0 Å². The van der Waals surface area contributed by atoms with Gasteiger partial charge in [0.2, 0.25) is 0 Å². The molecule has 0 spiro atoms. The van der Waals surface area contributed by atoms with Crippen molar-refractivity contribution in [3.63, 3.8) is 0 Å². The number of amidine groups is 1. The Balaban J connectivity index is 2.21. The lowest BCUT2D eigenvalue weighted by Gasteiger charge is -2.13. The standard InChI is InChI=1S/C15H16FN3O2/c1-21-14-8-11(16)6-7-13(14)18-9-10-4-2-3-5-12(10)15(17)19-20/h2-8,18,20H,9H2,1H3,(H2,17,19). The third-order valence-corrected chi connectivity index (χ3v) is 3.03. The summed E-state index contributed by atoms with van der Waals surface area (Å²) >= 11 is 0. The SMILES string of the molecule is COc1cc(F)ccc1NCc1ccccc1C(N)=NO. The van der Waals surface area contributed by atoms with Gasteiger partial charge in [-0.15, -0.1) is 0 Å².